The van der Waals surface area contributed by atoms with Crippen LogP contribution >= 0.6 is 11.3 Å². The topological polar surface area (TPSA) is 72.2 Å². The average Bonchev–Trinajstić information content (AvgIpc) is 3.14. The van der Waals surface area contributed by atoms with Crippen LogP contribution in [0.2, 0.25) is 0 Å². The minimum Gasteiger partial charge on any atom is -0.367 e. The highest BCUT2D eigenvalue weighted by Gasteiger charge is 2.28. The lowest BCUT2D eigenvalue weighted by Gasteiger charge is -2.14. The van der Waals surface area contributed by atoms with Gasteiger partial charge in [-0.3, -0.25) is 4.79 Å². The summed E-state index contributed by atoms with van der Waals surface area (Å²) in [6, 6.07) is 2.06. The van der Waals surface area contributed by atoms with Crippen LogP contribution in [0, 0.1) is 5.92 Å². The van der Waals surface area contributed by atoms with E-state index in [1.807, 2.05) is 11.6 Å². The number of aromatic nitrogens is 4. The molecule has 1 N–H and O–H groups in total. The smallest absolute Gasteiger partial charge is 0.168 e. The normalized spacial score (nSPS) is 15.9. The Labute approximate surface area is 131 Å². The van der Waals surface area contributed by atoms with Crippen molar-refractivity contribution < 1.29 is 4.79 Å². The van der Waals surface area contributed by atoms with Gasteiger partial charge in [-0.2, -0.15) is 5.10 Å². The molecular weight excluding hydrogens is 298 g/mol. The third-order valence-corrected chi connectivity index (χ3v) is 4.83. The van der Waals surface area contributed by atoms with Crippen molar-refractivity contribution in [2.45, 2.75) is 25.8 Å². The molecule has 1 aliphatic rings. The van der Waals surface area contributed by atoms with Crippen LogP contribution < -0.4 is 5.32 Å². The Hall–Kier alpha value is -2.28. The molecule has 3 aromatic rings. The van der Waals surface area contributed by atoms with E-state index in [9.17, 15) is 4.79 Å². The molecule has 0 radical (unpaired) electrons. The lowest BCUT2D eigenvalue weighted by molar-refractivity contribution is 0.111. The second-order valence-corrected chi connectivity index (χ2v) is 6.50. The molecular formula is C15H15N5OS. The maximum absolute atomic E-state index is 11.2. The molecule has 1 fully saturated rings. The van der Waals surface area contributed by atoms with Crippen LogP contribution in [0.1, 0.15) is 30.3 Å². The molecule has 0 aliphatic heterocycles. The molecule has 6 nitrogen and oxygen atoms in total. The number of nitrogens with one attached hydrogen (secondary N) is 1. The molecule has 1 atom stereocenters. The van der Waals surface area contributed by atoms with Crippen LogP contribution in [0.4, 0.5) is 5.82 Å². The zero-order valence-electron chi connectivity index (χ0n) is 12.1. The third-order valence-electron chi connectivity index (χ3n) is 3.94. The van der Waals surface area contributed by atoms with Gasteiger partial charge in [0.05, 0.1) is 11.8 Å². The van der Waals surface area contributed by atoms with Crippen molar-refractivity contribution in [3.63, 3.8) is 0 Å². The predicted molar refractivity (Wildman–Crippen MR) is 85.3 cm³/mol. The molecule has 3 heterocycles. The SMILES string of the molecule is C[C@H](Nc1cc(C=O)nc(-c2cnn3ccsc23)n1)C1CC1. The van der Waals surface area contributed by atoms with Gasteiger partial charge >= 0.3 is 0 Å². The summed E-state index contributed by atoms with van der Waals surface area (Å²) in [4.78, 5) is 21.1. The van der Waals surface area contributed by atoms with Crippen molar-refractivity contribution in [2.24, 2.45) is 5.92 Å². The Morgan fingerprint density at radius 3 is 3.09 bits per heavy atom. The van der Waals surface area contributed by atoms with Gasteiger partial charge in [0.2, 0.25) is 0 Å². The number of fused-ring (bicyclic) bond motifs is 1. The first-order chi connectivity index (χ1) is 10.7. The number of hydrogen-bond donors (Lipinski definition) is 1. The second-order valence-electron chi connectivity index (χ2n) is 5.60. The van der Waals surface area contributed by atoms with E-state index in [-0.39, 0.29) is 0 Å². The quantitative estimate of drug-likeness (QED) is 0.733. The molecule has 0 spiro atoms. The first kappa shape index (κ1) is 13.4. The maximum Gasteiger partial charge on any atom is 0.168 e. The number of carbonyl (C=O) groups excluding carboxylic acids is 1. The second kappa shape index (κ2) is 5.17. The molecule has 0 aromatic carbocycles. The summed E-state index contributed by atoms with van der Waals surface area (Å²) < 4.78 is 1.79. The summed E-state index contributed by atoms with van der Waals surface area (Å²) in [5, 5.41) is 9.63. The summed E-state index contributed by atoms with van der Waals surface area (Å²) in [6.07, 6.45) is 6.90. The Morgan fingerprint density at radius 2 is 2.32 bits per heavy atom. The standard InChI is InChI=1S/C15H15N5OS/c1-9(10-2-3-10)17-13-6-11(8-21)18-14(19-13)12-7-16-20-4-5-22-15(12)20/h4-10H,2-3H2,1H3,(H,17,18,19)/t9-/m0/s1. The largest absolute Gasteiger partial charge is 0.367 e. The number of thiazole rings is 1. The van der Waals surface area contributed by atoms with Crippen LogP contribution in [0.15, 0.2) is 23.8 Å². The Kier molecular flexibility index (Phi) is 3.15. The molecule has 7 heteroatoms. The Balaban J connectivity index is 1.75. The molecule has 4 rings (SSSR count). The summed E-state index contributed by atoms with van der Waals surface area (Å²) >= 11 is 1.58. The monoisotopic (exact) mass is 313 g/mol. The van der Waals surface area contributed by atoms with E-state index in [1.165, 1.54) is 12.8 Å². The third kappa shape index (κ3) is 2.37. The van der Waals surface area contributed by atoms with Gasteiger partial charge in [-0.25, -0.2) is 14.5 Å². The van der Waals surface area contributed by atoms with Crippen LogP contribution in [-0.4, -0.2) is 31.9 Å². The van der Waals surface area contributed by atoms with E-state index >= 15 is 0 Å². The van der Waals surface area contributed by atoms with Crippen LogP contribution in [0.3, 0.4) is 0 Å². The molecule has 3 aromatic heterocycles. The number of nitrogens with zero attached hydrogens (tertiary/aromatic N) is 4. The van der Waals surface area contributed by atoms with Crippen LogP contribution in [0.5, 0.6) is 0 Å². The number of hydrogen-bond acceptors (Lipinski definition) is 6. The average molecular weight is 313 g/mol. The maximum atomic E-state index is 11.2. The van der Waals surface area contributed by atoms with Crippen molar-refractivity contribution in [2.75, 3.05) is 5.32 Å². The van der Waals surface area contributed by atoms with E-state index in [1.54, 1.807) is 28.1 Å². The molecule has 112 valence electrons. The Morgan fingerprint density at radius 1 is 1.45 bits per heavy atom. The fourth-order valence-corrected chi connectivity index (χ4v) is 3.34. The highest BCUT2D eigenvalue weighted by Crippen LogP contribution is 2.34. The summed E-state index contributed by atoms with van der Waals surface area (Å²) in [5.74, 6) is 1.94. The summed E-state index contributed by atoms with van der Waals surface area (Å²) in [7, 11) is 0. The highest BCUT2D eigenvalue weighted by atomic mass is 32.1. The lowest BCUT2D eigenvalue weighted by atomic mass is 10.2. The van der Waals surface area contributed by atoms with Crippen molar-refractivity contribution >= 4 is 28.3 Å². The van der Waals surface area contributed by atoms with E-state index in [2.05, 4.69) is 27.3 Å². The molecule has 1 saturated carbocycles. The first-order valence-corrected chi connectivity index (χ1v) is 8.14. The van der Waals surface area contributed by atoms with Gasteiger partial charge < -0.3 is 5.32 Å². The molecule has 1 aliphatic carbocycles. The minimum atomic E-state index is 0.358. The van der Waals surface area contributed by atoms with E-state index in [0.29, 0.717) is 29.3 Å². The number of carbonyl (C=O) groups is 1. The van der Waals surface area contributed by atoms with Crippen molar-refractivity contribution in [1.82, 2.24) is 19.6 Å². The molecule has 0 unspecified atom stereocenters. The van der Waals surface area contributed by atoms with Crippen molar-refractivity contribution in [3.05, 3.63) is 29.5 Å². The number of aldehydes is 1. The van der Waals surface area contributed by atoms with Gasteiger partial charge in [0.25, 0.3) is 0 Å². The molecule has 0 amide bonds. The van der Waals surface area contributed by atoms with Gasteiger partial charge in [0, 0.05) is 23.7 Å². The van der Waals surface area contributed by atoms with E-state index < -0.39 is 0 Å². The summed E-state index contributed by atoms with van der Waals surface area (Å²) in [6.45, 7) is 2.15. The molecule has 0 bridgehead atoms. The fraction of sp³-hybridized carbons (Fsp3) is 0.333. The fourth-order valence-electron chi connectivity index (χ4n) is 2.55. The zero-order valence-corrected chi connectivity index (χ0v) is 12.9. The van der Waals surface area contributed by atoms with Gasteiger partial charge in [0.15, 0.2) is 12.1 Å². The highest BCUT2D eigenvalue weighted by molar-refractivity contribution is 7.16. The van der Waals surface area contributed by atoms with Crippen LogP contribution in [-0.2, 0) is 0 Å². The van der Waals surface area contributed by atoms with Gasteiger partial charge in [0.1, 0.15) is 16.3 Å². The van der Waals surface area contributed by atoms with E-state index in [4.69, 9.17) is 0 Å². The zero-order chi connectivity index (χ0) is 15.1. The molecule has 22 heavy (non-hydrogen) atoms. The van der Waals surface area contributed by atoms with Crippen LogP contribution in [0.25, 0.3) is 16.2 Å². The number of anilines is 1. The minimum absolute atomic E-state index is 0.358. The van der Waals surface area contributed by atoms with Gasteiger partial charge in [-0.05, 0) is 25.7 Å². The summed E-state index contributed by atoms with van der Waals surface area (Å²) in [5.41, 5.74) is 1.23. The Bertz CT molecular complexity index is 835. The predicted octanol–water partition coefficient (Wildman–Crippen LogP) is 2.88. The van der Waals surface area contributed by atoms with Crippen molar-refractivity contribution in [1.29, 1.82) is 0 Å². The van der Waals surface area contributed by atoms with E-state index in [0.717, 1.165) is 16.7 Å². The lowest BCUT2D eigenvalue weighted by Crippen LogP contribution is -2.18. The van der Waals surface area contributed by atoms with Gasteiger partial charge in [-0.15, -0.1) is 11.3 Å². The van der Waals surface area contributed by atoms with Gasteiger partial charge in [-0.1, -0.05) is 0 Å². The van der Waals surface area contributed by atoms with Crippen molar-refractivity contribution in [3.8, 4) is 11.4 Å². The molecule has 0 saturated heterocycles. The number of rotatable bonds is 5. The first-order valence-electron chi connectivity index (χ1n) is 7.26.